The molecule has 1 unspecified atom stereocenters. The van der Waals surface area contributed by atoms with Gasteiger partial charge >= 0.3 is 0 Å². The van der Waals surface area contributed by atoms with Crippen LogP contribution in [0.25, 0.3) is 0 Å². The van der Waals surface area contributed by atoms with Gasteiger partial charge in [0.25, 0.3) is 0 Å². The van der Waals surface area contributed by atoms with E-state index < -0.39 is 19.9 Å². The van der Waals surface area contributed by atoms with Gasteiger partial charge in [-0.1, -0.05) is 42.5 Å². The maximum absolute atomic E-state index is 12.5. The fourth-order valence-corrected chi connectivity index (χ4v) is 5.30. The molecular formula is C17H21NO4S2. The van der Waals surface area contributed by atoms with Gasteiger partial charge in [0.05, 0.1) is 4.90 Å². The lowest BCUT2D eigenvalue weighted by atomic mass is 10.1. The molecule has 0 aromatic heterocycles. The first-order valence-corrected chi connectivity index (χ1v) is 10.9. The molecule has 2 aromatic carbocycles. The van der Waals surface area contributed by atoms with Gasteiger partial charge in [0, 0.05) is 12.3 Å². The first kappa shape index (κ1) is 18.6. The molecule has 0 radical (unpaired) electrons. The highest BCUT2D eigenvalue weighted by molar-refractivity contribution is 7.93. The number of sulfonamides is 1. The van der Waals surface area contributed by atoms with Gasteiger partial charge in [-0.25, -0.2) is 21.6 Å². The van der Waals surface area contributed by atoms with Crippen molar-refractivity contribution in [1.82, 2.24) is 4.72 Å². The Morgan fingerprint density at radius 1 is 0.875 bits per heavy atom. The number of rotatable bonds is 7. The molecule has 0 saturated heterocycles. The summed E-state index contributed by atoms with van der Waals surface area (Å²) in [6.07, 6.45) is 2.35. The van der Waals surface area contributed by atoms with E-state index in [1.54, 1.807) is 6.92 Å². The minimum atomic E-state index is -3.91. The van der Waals surface area contributed by atoms with Crippen LogP contribution in [0.2, 0.25) is 0 Å². The highest BCUT2D eigenvalue weighted by Gasteiger charge is 2.24. The van der Waals surface area contributed by atoms with E-state index in [-0.39, 0.29) is 15.8 Å². The SMILES string of the molecule is CC(CCc1ccccc1)NS(=O)(=O)c1ccccc1S(C)(=O)=O. The molecule has 2 rings (SSSR count). The normalized spacial score (nSPS) is 13.6. The zero-order chi connectivity index (χ0) is 17.8. The highest BCUT2D eigenvalue weighted by Crippen LogP contribution is 2.21. The van der Waals surface area contributed by atoms with Crippen molar-refractivity contribution < 1.29 is 16.8 Å². The largest absolute Gasteiger partial charge is 0.242 e. The molecule has 0 fully saturated rings. The predicted octanol–water partition coefficient (Wildman–Crippen LogP) is 2.39. The summed E-state index contributed by atoms with van der Waals surface area (Å²) in [6, 6.07) is 15.1. The van der Waals surface area contributed by atoms with Gasteiger partial charge in [-0.3, -0.25) is 0 Å². The van der Waals surface area contributed by atoms with Crippen LogP contribution in [0.15, 0.2) is 64.4 Å². The highest BCUT2D eigenvalue weighted by atomic mass is 32.2. The molecule has 0 aliphatic carbocycles. The zero-order valence-corrected chi connectivity index (χ0v) is 15.3. The summed E-state index contributed by atoms with van der Waals surface area (Å²) in [5.41, 5.74) is 1.13. The van der Waals surface area contributed by atoms with Crippen LogP contribution in [-0.4, -0.2) is 29.1 Å². The zero-order valence-electron chi connectivity index (χ0n) is 13.6. The van der Waals surface area contributed by atoms with E-state index in [0.29, 0.717) is 6.42 Å². The maximum atomic E-state index is 12.5. The third-order valence-electron chi connectivity index (χ3n) is 3.60. The summed E-state index contributed by atoms with van der Waals surface area (Å²) in [6.45, 7) is 1.77. The molecule has 7 heteroatoms. The Morgan fingerprint density at radius 3 is 2.00 bits per heavy atom. The van der Waals surface area contributed by atoms with Crippen LogP contribution in [0.4, 0.5) is 0 Å². The number of nitrogens with one attached hydrogen (secondary N) is 1. The molecule has 2 aromatic rings. The number of aryl methyl sites for hydroxylation is 1. The van der Waals surface area contributed by atoms with Gasteiger partial charge < -0.3 is 0 Å². The molecule has 0 amide bonds. The fourth-order valence-electron chi connectivity index (χ4n) is 2.39. The van der Waals surface area contributed by atoms with E-state index in [1.807, 2.05) is 30.3 Å². The van der Waals surface area contributed by atoms with Crippen molar-refractivity contribution in [2.24, 2.45) is 0 Å². The van der Waals surface area contributed by atoms with Crippen LogP contribution in [-0.2, 0) is 26.3 Å². The molecule has 24 heavy (non-hydrogen) atoms. The molecule has 0 aliphatic rings. The smallest absolute Gasteiger partial charge is 0.224 e. The lowest BCUT2D eigenvalue weighted by molar-refractivity contribution is 0.543. The molecule has 0 saturated carbocycles. The summed E-state index contributed by atoms with van der Waals surface area (Å²) in [5.74, 6) is 0. The van der Waals surface area contributed by atoms with Crippen LogP contribution in [0, 0.1) is 0 Å². The second kappa shape index (κ2) is 7.46. The van der Waals surface area contributed by atoms with Gasteiger partial charge in [0.2, 0.25) is 10.0 Å². The minimum absolute atomic E-state index is 0.187. The Hall–Kier alpha value is -1.70. The molecule has 1 N–H and O–H groups in total. The van der Waals surface area contributed by atoms with Gasteiger partial charge in [0.15, 0.2) is 9.84 Å². The molecular weight excluding hydrogens is 346 g/mol. The summed E-state index contributed by atoms with van der Waals surface area (Å²) in [7, 11) is -7.53. The van der Waals surface area contributed by atoms with E-state index in [9.17, 15) is 16.8 Å². The molecule has 0 aliphatic heterocycles. The van der Waals surface area contributed by atoms with E-state index in [2.05, 4.69) is 4.72 Å². The van der Waals surface area contributed by atoms with Crippen molar-refractivity contribution in [3.8, 4) is 0 Å². The summed E-state index contributed by atoms with van der Waals surface area (Å²) < 4.78 is 51.3. The molecule has 0 bridgehead atoms. The molecule has 0 heterocycles. The first-order valence-electron chi connectivity index (χ1n) is 7.55. The van der Waals surface area contributed by atoms with Crippen molar-refractivity contribution in [3.05, 3.63) is 60.2 Å². The first-order chi connectivity index (χ1) is 11.2. The topological polar surface area (TPSA) is 80.3 Å². The molecule has 130 valence electrons. The Morgan fingerprint density at radius 2 is 1.42 bits per heavy atom. The average Bonchev–Trinajstić information content (AvgIpc) is 2.53. The monoisotopic (exact) mass is 367 g/mol. The van der Waals surface area contributed by atoms with E-state index >= 15 is 0 Å². The number of hydrogen-bond acceptors (Lipinski definition) is 4. The maximum Gasteiger partial charge on any atom is 0.242 e. The number of benzene rings is 2. The van der Waals surface area contributed by atoms with Gasteiger partial charge in [-0.15, -0.1) is 0 Å². The lowest BCUT2D eigenvalue weighted by Gasteiger charge is -2.16. The number of hydrogen-bond donors (Lipinski definition) is 1. The van der Waals surface area contributed by atoms with Crippen molar-refractivity contribution in [1.29, 1.82) is 0 Å². The van der Waals surface area contributed by atoms with Crippen LogP contribution in [0.1, 0.15) is 18.9 Å². The Labute approximate surface area is 143 Å². The third kappa shape index (κ3) is 4.90. The molecule has 1 atom stereocenters. The van der Waals surface area contributed by atoms with E-state index in [1.165, 1.54) is 24.3 Å². The van der Waals surface area contributed by atoms with Crippen molar-refractivity contribution >= 4 is 19.9 Å². The van der Waals surface area contributed by atoms with Crippen LogP contribution in [0.5, 0.6) is 0 Å². The summed E-state index contributed by atoms with van der Waals surface area (Å²) in [5, 5.41) is 0. The summed E-state index contributed by atoms with van der Waals surface area (Å²) >= 11 is 0. The van der Waals surface area contributed by atoms with E-state index in [4.69, 9.17) is 0 Å². The second-order valence-corrected chi connectivity index (χ2v) is 9.43. The Balaban J connectivity index is 2.14. The standard InChI is InChI=1S/C17H21NO4S2/c1-14(12-13-15-8-4-3-5-9-15)18-24(21,22)17-11-7-6-10-16(17)23(2,19)20/h3-11,14,18H,12-13H2,1-2H3. The fraction of sp³-hybridized carbons (Fsp3) is 0.294. The number of sulfone groups is 1. The Bertz CT molecular complexity index is 891. The van der Waals surface area contributed by atoms with Gasteiger partial charge in [-0.2, -0.15) is 0 Å². The summed E-state index contributed by atoms with van der Waals surface area (Å²) in [4.78, 5) is -0.396. The van der Waals surface area contributed by atoms with Crippen LogP contribution >= 0.6 is 0 Å². The Kier molecular flexibility index (Phi) is 5.79. The average molecular weight is 367 g/mol. The van der Waals surface area contributed by atoms with E-state index in [0.717, 1.165) is 18.2 Å². The van der Waals surface area contributed by atoms with Gasteiger partial charge in [0.1, 0.15) is 4.90 Å². The van der Waals surface area contributed by atoms with Crippen LogP contribution in [0.3, 0.4) is 0 Å². The van der Waals surface area contributed by atoms with Crippen molar-refractivity contribution in [2.75, 3.05) is 6.26 Å². The second-order valence-electron chi connectivity index (χ2n) is 5.77. The van der Waals surface area contributed by atoms with Crippen molar-refractivity contribution in [3.63, 3.8) is 0 Å². The van der Waals surface area contributed by atoms with Gasteiger partial charge in [-0.05, 0) is 37.5 Å². The molecule has 5 nitrogen and oxygen atoms in total. The lowest BCUT2D eigenvalue weighted by Crippen LogP contribution is -2.33. The molecule has 0 spiro atoms. The predicted molar refractivity (Wildman–Crippen MR) is 94.1 cm³/mol. The minimum Gasteiger partial charge on any atom is -0.224 e. The van der Waals surface area contributed by atoms with Crippen LogP contribution < -0.4 is 4.72 Å². The van der Waals surface area contributed by atoms with Crippen molar-refractivity contribution in [2.45, 2.75) is 35.6 Å². The quantitative estimate of drug-likeness (QED) is 0.815. The third-order valence-corrected chi connectivity index (χ3v) is 6.54.